The topological polar surface area (TPSA) is 59.0 Å². The number of carbonyl (C=O) groups is 1. The highest BCUT2D eigenvalue weighted by Crippen LogP contribution is 2.27. The van der Waals surface area contributed by atoms with Crippen LogP contribution < -0.4 is 10.6 Å². The molecule has 1 amide bonds. The third kappa shape index (κ3) is 3.33. The Hall–Kier alpha value is -2.14. The van der Waals surface area contributed by atoms with Gasteiger partial charge in [0.2, 0.25) is 0 Å². The Morgan fingerprint density at radius 3 is 2.80 bits per heavy atom. The van der Waals surface area contributed by atoms with Gasteiger partial charge in [-0.15, -0.1) is 0 Å². The van der Waals surface area contributed by atoms with Gasteiger partial charge in [-0.1, -0.05) is 17.7 Å². The second-order valence-corrected chi connectivity index (χ2v) is 7.23. The predicted octanol–water partition coefficient (Wildman–Crippen LogP) is 2.54. The van der Waals surface area contributed by atoms with Gasteiger partial charge in [-0.05, 0) is 64.1 Å². The van der Waals surface area contributed by atoms with E-state index >= 15 is 0 Å². The third-order valence-corrected chi connectivity index (χ3v) is 5.35. The number of amides is 1. The fraction of sp³-hybridized carbons (Fsp3) is 0.500. The van der Waals surface area contributed by atoms with Crippen molar-refractivity contribution in [3.8, 4) is 5.69 Å². The van der Waals surface area contributed by atoms with Gasteiger partial charge in [-0.25, -0.2) is 4.68 Å². The molecule has 0 saturated carbocycles. The van der Waals surface area contributed by atoms with E-state index in [2.05, 4.69) is 41.8 Å². The Balaban J connectivity index is 1.61. The van der Waals surface area contributed by atoms with E-state index < -0.39 is 0 Å². The van der Waals surface area contributed by atoms with Gasteiger partial charge in [-0.3, -0.25) is 4.79 Å². The summed E-state index contributed by atoms with van der Waals surface area (Å²) in [7, 11) is 0. The van der Waals surface area contributed by atoms with Crippen LogP contribution in [0.25, 0.3) is 5.69 Å². The van der Waals surface area contributed by atoms with Crippen LogP contribution in [0.1, 0.15) is 53.0 Å². The summed E-state index contributed by atoms with van der Waals surface area (Å²) in [5, 5.41) is 11.2. The average molecular weight is 338 g/mol. The molecule has 0 radical (unpaired) electrons. The smallest absolute Gasteiger partial charge is 0.272 e. The molecule has 2 N–H and O–H groups in total. The van der Waals surface area contributed by atoms with E-state index in [9.17, 15) is 4.79 Å². The number of nitrogens with zero attached hydrogens (tertiary/aromatic N) is 2. The summed E-state index contributed by atoms with van der Waals surface area (Å²) in [4.78, 5) is 12.8. The predicted molar refractivity (Wildman–Crippen MR) is 98.3 cm³/mol. The number of benzene rings is 1. The minimum Gasteiger partial charge on any atom is -0.349 e. The van der Waals surface area contributed by atoms with Gasteiger partial charge >= 0.3 is 0 Å². The summed E-state index contributed by atoms with van der Waals surface area (Å²) in [5.41, 5.74) is 5.24. The van der Waals surface area contributed by atoms with Gasteiger partial charge in [0.25, 0.3) is 5.91 Å². The van der Waals surface area contributed by atoms with Crippen LogP contribution in [-0.4, -0.2) is 34.8 Å². The quantitative estimate of drug-likeness (QED) is 0.901. The van der Waals surface area contributed by atoms with Crippen LogP contribution in [0, 0.1) is 6.92 Å². The normalized spacial score (nSPS) is 19.6. The summed E-state index contributed by atoms with van der Waals surface area (Å²) in [6.45, 7) is 3.82. The van der Waals surface area contributed by atoms with E-state index in [0.29, 0.717) is 18.3 Å². The van der Waals surface area contributed by atoms with Gasteiger partial charge in [0.1, 0.15) is 0 Å². The van der Waals surface area contributed by atoms with Crippen molar-refractivity contribution in [3.63, 3.8) is 0 Å². The van der Waals surface area contributed by atoms with Crippen molar-refractivity contribution >= 4 is 5.91 Å². The molecule has 2 aliphatic rings. The molecule has 1 aliphatic heterocycles. The molecule has 1 saturated heterocycles. The molecule has 2 heterocycles. The van der Waals surface area contributed by atoms with Crippen molar-refractivity contribution in [2.45, 2.75) is 51.5 Å². The summed E-state index contributed by atoms with van der Waals surface area (Å²) in [6.07, 6.45) is 6.57. The number of rotatable bonds is 4. The van der Waals surface area contributed by atoms with Crippen LogP contribution >= 0.6 is 0 Å². The lowest BCUT2D eigenvalue weighted by Gasteiger charge is -2.14. The highest BCUT2D eigenvalue weighted by molar-refractivity contribution is 5.94. The Morgan fingerprint density at radius 2 is 2.04 bits per heavy atom. The summed E-state index contributed by atoms with van der Waals surface area (Å²) < 4.78 is 1.98. The van der Waals surface area contributed by atoms with Crippen molar-refractivity contribution in [2.24, 2.45) is 0 Å². The molecule has 1 aromatic heterocycles. The van der Waals surface area contributed by atoms with Crippen LogP contribution in [0.4, 0.5) is 0 Å². The molecule has 1 aliphatic carbocycles. The van der Waals surface area contributed by atoms with Crippen molar-refractivity contribution in [3.05, 3.63) is 46.8 Å². The maximum absolute atomic E-state index is 12.8. The molecule has 1 fully saturated rings. The molecule has 1 atom stereocenters. The van der Waals surface area contributed by atoms with Crippen molar-refractivity contribution in [1.82, 2.24) is 20.4 Å². The molecule has 0 bridgehead atoms. The Labute approximate surface area is 148 Å². The maximum Gasteiger partial charge on any atom is 0.272 e. The second-order valence-electron chi connectivity index (χ2n) is 7.23. The lowest BCUT2D eigenvalue weighted by molar-refractivity contribution is 0.0944. The van der Waals surface area contributed by atoms with E-state index in [1.54, 1.807) is 0 Å². The minimum atomic E-state index is -0.0299. The van der Waals surface area contributed by atoms with Gasteiger partial charge < -0.3 is 10.6 Å². The first-order chi connectivity index (χ1) is 12.2. The zero-order valence-electron chi connectivity index (χ0n) is 14.8. The fourth-order valence-corrected chi connectivity index (χ4v) is 3.91. The number of aromatic nitrogens is 2. The molecule has 2 aromatic rings. The van der Waals surface area contributed by atoms with E-state index in [0.717, 1.165) is 49.9 Å². The summed E-state index contributed by atoms with van der Waals surface area (Å²) in [5.74, 6) is -0.0299. The zero-order valence-corrected chi connectivity index (χ0v) is 14.8. The Kier molecular flexibility index (Phi) is 4.57. The van der Waals surface area contributed by atoms with Crippen LogP contribution in [-0.2, 0) is 12.8 Å². The highest BCUT2D eigenvalue weighted by Gasteiger charge is 2.26. The molecule has 25 heavy (non-hydrogen) atoms. The summed E-state index contributed by atoms with van der Waals surface area (Å²) >= 11 is 0. The molecule has 1 aromatic carbocycles. The number of carbonyl (C=O) groups excluding carboxylic acids is 1. The third-order valence-electron chi connectivity index (χ3n) is 5.35. The number of aryl methyl sites for hydroxylation is 1. The SMILES string of the molecule is Cc1ccc(-n2nc(C(=O)NCC3CCCN3)c3c2CCCC3)cc1. The van der Waals surface area contributed by atoms with Gasteiger partial charge in [0.15, 0.2) is 5.69 Å². The number of hydrogen-bond acceptors (Lipinski definition) is 3. The first-order valence-electron chi connectivity index (χ1n) is 9.42. The van der Waals surface area contributed by atoms with E-state index in [1.807, 2.05) is 4.68 Å². The molecular weight excluding hydrogens is 312 g/mol. The first-order valence-corrected chi connectivity index (χ1v) is 9.42. The number of nitrogens with one attached hydrogen (secondary N) is 2. The highest BCUT2D eigenvalue weighted by atomic mass is 16.2. The standard InChI is InChI=1S/C20H26N4O/c1-14-8-10-16(11-9-14)24-18-7-3-2-6-17(18)19(23-24)20(25)22-13-15-5-4-12-21-15/h8-11,15,21H,2-7,12-13H2,1H3,(H,22,25). The zero-order chi connectivity index (χ0) is 17.2. The Bertz CT molecular complexity index is 757. The Morgan fingerprint density at radius 1 is 1.24 bits per heavy atom. The molecule has 1 unspecified atom stereocenters. The van der Waals surface area contributed by atoms with Gasteiger partial charge in [0, 0.05) is 23.8 Å². The molecule has 4 rings (SSSR count). The van der Waals surface area contributed by atoms with Crippen LogP contribution in [0.2, 0.25) is 0 Å². The van der Waals surface area contributed by atoms with E-state index in [4.69, 9.17) is 5.10 Å². The monoisotopic (exact) mass is 338 g/mol. The van der Waals surface area contributed by atoms with Gasteiger partial charge in [0.05, 0.1) is 5.69 Å². The van der Waals surface area contributed by atoms with Crippen LogP contribution in [0.15, 0.2) is 24.3 Å². The largest absolute Gasteiger partial charge is 0.349 e. The second kappa shape index (κ2) is 7.00. The average Bonchev–Trinajstić information content (AvgIpc) is 3.28. The van der Waals surface area contributed by atoms with Crippen molar-refractivity contribution < 1.29 is 4.79 Å². The van der Waals surface area contributed by atoms with Crippen molar-refractivity contribution in [2.75, 3.05) is 13.1 Å². The van der Waals surface area contributed by atoms with Crippen LogP contribution in [0.3, 0.4) is 0 Å². The van der Waals surface area contributed by atoms with Gasteiger partial charge in [-0.2, -0.15) is 5.10 Å². The summed E-state index contributed by atoms with van der Waals surface area (Å²) in [6, 6.07) is 8.76. The lowest BCUT2D eigenvalue weighted by atomic mass is 9.95. The van der Waals surface area contributed by atoms with Crippen LogP contribution in [0.5, 0.6) is 0 Å². The molecule has 5 nitrogen and oxygen atoms in total. The first kappa shape index (κ1) is 16.3. The minimum absolute atomic E-state index is 0.0299. The molecule has 0 spiro atoms. The maximum atomic E-state index is 12.8. The van der Waals surface area contributed by atoms with E-state index in [1.165, 1.54) is 17.7 Å². The van der Waals surface area contributed by atoms with E-state index in [-0.39, 0.29) is 5.91 Å². The molecule has 132 valence electrons. The molecular formula is C20H26N4O. The van der Waals surface area contributed by atoms with Crippen molar-refractivity contribution in [1.29, 1.82) is 0 Å². The number of hydrogen-bond donors (Lipinski definition) is 2. The number of fused-ring (bicyclic) bond motifs is 1. The fourth-order valence-electron chi connectivity index (χ4n) is 3.91. The molecule has 5 heteroatoms. The lowest BCUT2D eigenvalue weighted by Crippen LogP contribution is -2.37.